The Balaban J connectivity index is 1.19. The number of likely N-dealkylation sites (tertiary alicyclic amines) is 1. The average Bonchev–Trinajstić information content (AvgIpc) is 3.73. The normalized spacial score (nSPS) is 17.4. The number of hydrogen-bond donors (Lipinski definition) is 2. The lowest BCUT2D eigenvalue weighted by atomic mass is 9.99. The monoisotopic (exact) mass is 694 g/mol. The van der Waals surface area contributed by atoms with Crippen LogP contribution in [0, 0.1) is 12.4 Å². The van der Waals surface area contributed by atoms with Gasteiger partial charge in [0.25, 0.3) is 5.91 Å². The van der Waals surface area contributed by atoms with Crippen molar-refractivity contribution < 1.29 is 18.7 Å². The molecule has 3 N–H and O–H groups in total. The van der Waals surface area contributed by atoms with Crippen LogP contribution in [-0.2, 0) is 16.1 Å². The maximum Gasteiger partial charge on any atom is 0.252 e. The molecule has 14 heteroatoms. The number of anilines is 1. The van der Waals surface area contributed by atoms with Crippen LogP contribution in [-0.4, -0.2) is 104 Å². The number of nitrogens with zero attached hydrogens (tertiary/aromatic N) is 8. The van der Waals surface area contributed by atoms with E-state index in [-0.39, 0.29) is 41.5 Å². The number of halogens is 1. The molecule has 0 radical (unpaired) electrons. The van der Waals surface area contributed by atoms with Crippen molar-refractivity contribution >= 4 is 28.7 Å². The molecule has 4 heterocycles. The Hall–Kier alpha value is -5.39. The molecular formula is C37H43FN10O3. The first kappa shape index (κ1) is 35.4. The predicted molar refractivity (Wildman–Crippen MR) is 192 cm³/mol. The van der Waals surface area contributed by atoms with Crippen LogP contribution in [0.15, 0.2) is 66.6 Å². The SMILES string of the molecule is [C-]#[N+]/C(=C\C(C)(C)N1CCN(CCNC(C)=O)CC1)C(=O)N1CCC[C@H]1Cn1nc(-c2ccc(Oc3ccccc3)cc2F)c2c(N)ncnc21. The van der Waals surface area contributed by atoms with E-state index < -0.39 is 11.4 Å². The number of carbonyl (C=O) groups excluding carboxylic acids is 2. The molecule has 51 heavy (non-hydrogen) atoms. The van der Waals surface area contributed by atoms with Crippen molar-refractivity contribution in [2.45, 2.75) is 51.7 Å². The standard InChI is InChI=1S/C37H43FN10O3/c1-25(49)41-14-16-45-17-19-46(20-18-45)37(2,3)22-31(40-4)36(50)47-15-8-9-26(47)23-48-35-32(34(39)42-24-43-35)33(44-48)29-13-12-28(21-30(29)38)51-27-10-6-5-7-11-27/h5-7,10-13,21-22,24,26H,8-9,14-20,23H2,1-3H3,(H,41,49)(H2,39,42,43)/b31-22-/t26-/m0/s1. The van der Waals surface area contributed by atoms with Crippen LogP contribution in [0.1, 0.15) is 33.6 Å². The van der Waals surface area contributed by atoms with Gasteiger partial charge in [-0.05, 0) is 51.0 Å². The first-order chi connectivity index (χ1) is 24.5. The first-order valence-corrected chi connectivity index (χ1v) is 17.2. The van der Waals surface area contributed by atoms with Crippen LogP contribution in [0.4, 0.5) is 10.2 Å². The summed E-state index contributed by atoms with van der Waals surface area (Å²) in [5.41, 5.74) is 6.81. The zero-order valence-corrected chi connectivity index (χ0v) is 29.2. The highest BCUT2D eigenvalue weighted by atomic mass is 19.1. The Labute approximate surface area is 296 Å². The fourth-order valence-electron chi connectivity index (χ4n) is 6.87. The summed E-state index contributed by atoms with van der Waals surface area (Å²) in [6, 6.07) is 13.4. The van der Waals surface area contributed by atoms with E-state index in [0.29, 0.717) is 47.7 Å². The Kier molecular flexibility index (Phi) is 10.6. The summed E-state index contributed by atoms with van der Waals surface area (Å²) in [7, 11) is 0. The van der Waals surface area contributed by atoms with Crippen molar-refractivity contribution in [3.05, 3.63) is 83.9 Å². The van der Waals surface area contributed by atoms with Gasteiger partial charge in [0, 0.05) is 69.9 Å². The lowest BCUT2D eigenvalue weighted by Gasteiger charge is -2.43. The Morgan fingerprint density at radius 1 is 1.10 bits per heavy atom. The highest BCUT2D eigenvalue weighted by Gasteiger charge is 2.35. The number of aromatic nitrogens is 4. The maximum absolute atomic E-state index is 15.7. The third-order valence-corrected chi connectivity index (χ3v) is 9.57. The van der Waals surface area contributed by atoms with E-state index in [4.69, 9.17) is 22.1 Å². The fourth-order valence-corrected chi connectivity index (χ4v) is 6.87. The molecule has 2 aromatic carbocycles. The molecule has 0 spiro atoms. The zero-order valence-electron chi connectivity index (χ0n) is 29.2. The zero-order chi connectivity index (χ0) is 36.1. The number of rotatable bonds is 11. The molecule has 0 bridgehead atoms. The Morgan fingerprint density at radius 3 is 2.57 bits per heavy atom. The number of amides is 2. The first-order valence-electron chi connectivity index (χ1n) is 17.2. The van der Waals surface area contributed by atoms with Gasteiger partial charge in [-0.2, -0.15) is 5.10 Å². The van der Waals surface area contributed by atoms with Crippen molar-refractivity contribution in [3.8, 4) is 22.8 Å². The van der Waals surface area contributed by atoms with Gasteiger partial charge in [0.1, 0.15) is 35.2 Å². The van der Waals surface area contributed by atoms with E-state index in [1.165, 1.54) is 19.3 Å². The minimum Gasteiger partial charge on any atom is -0.457 e. The lowest BCUT2D eigenvalue weighted by Crippen LogP contribution is -2.55. The summed E-state index contributed by atoms with van der Waals surface area (Å²) in [6.45, 7) is 18.9. The number of carbonyl (C=O) groups is 2. The molecule has 2 saturated heterocycles. The van der Waals surface area contributed by atoms with Crippen LogP contribution >= 0.6 is 0 Å². The molecule has 2 aromatic heterocycles. The van der Waals surface area contributed by atoms with Gasteiger partial charge < -0.3 is 20.7 Å². The number of fused-ring (bicyclic) bond motifs is 1. The van der Waals surface area contributed by atoms with E-state index in [9.17, 15) is 9.59 Å². The number of nitrogens with two attached hydrogens (primary N) is 1. The lowest BCUT2D eigenvalue weighted by molar-refractivity contribution is -0.128. The van der Waals surface area contributed by atoms with Gasteiger partial charge in [-0.1, -0.05) is 24.3 Å². The van der Waals surface area contributed by atoms with Crippen LogP contribution in [0.25, 0.3) is 27.1 Å². The quantitative estimate of drug-likeness (QED) is 0.174. The highest BCUT2D eigenvalue weighted by Crippen LogP contribution is 2.35. The molecule has 2 amide bonds. The fraction of sp³-hybridized carbons (Fsp3) is 0.405. The van der Waals surface area contributed by atoms with E-state index in [1.54, 1.807) is 39.9 Å². The van der Waals surface area contributed by atoms with E-state index >= 15 is 4.39 Å². The number of benzene rings is 2. The van der Waals surface area contributed by atoms with Crippen LogP contribution in [0.5, 0.6) is 11.5 Å². The number of para-hydroxylation sites is 1. The number of ether oxygens (including phenoxy) is 1. The van der Waals surface area contributed by atoms with Gasteiger partial charge in [0.05, 0.1) is 24.5 Å². The summed E-state index contributed by atoms with van der Waals surface area (Å²) in [4.78, 5) is 43.8. The molecular weight excluding hydrogens is 651 g/mol. The summed E-state index contributed by atoms with van der Waals surface area (Å²) < 4.78 is 23.1. The van der Waals surface area contributed by atoms with Crippen molar-refractivity contribution in [3.63, 3.8) is 0 Å². The third kappa shape index (κ3) is 8.00. The van der Waals surface area contributed by atoms with E-state index in [2.05, 4.69) is 29.9 Å². The summed E-state index contributed by atoms with van der Waals surface area (Å²) in [6.07, 6.45) is 4.60. The van der Waals surface area contributed by atoms with Crippen LogP contribution in [0.3, 0.4) is 0 Å². The minimum atomic E-state index is -0.545. The Morgan fingerprint density at radius 2 is 1.86 bits per heavy atom. The molecule has 2 fully saturated rings. The van der Waals surface area contributed by atoms with E-state index in [1.807, 2.05) is 32.0 Å². The maximum atomic E-state index is 15.7. The molecule has 1 atom stereocenters. The minimum absolute atomic E-state index is 0.0373. The molecule has 2 aliphatic heterocycles. The molecule has 6 rings (SSSR count). The van der Waals surface area contributed by atoms with Crippen molar-refractivity contribution in [1.82, 2.24) is 39.8 Å². The van der Waals surface area contributed by atoms with Crippen molar-refractivity contribution in [2.75, 3.05) is 51.5 Å². The third-order valence-electron chi connectivity index (χ3n) is 9.57. The van der Waals surface area contributed by atoms with Crippen LogP contribution in [0.2, 0.25) is 0 Å². The number of nitrogen functional groups attached to an aromatic ring is 1. The summed E-state index contributed by atoms with van der Waals surface area (Å²) in [5.74, 6) is 0.186. The second-order valence-electron chi connectivity index (χ2n) is 13.4. The van der Waals surface area contributed by atoms with Gasteiger partial charge in [-0.15, -0.1) is 0 Å². The van der Waals surface area contributed by atoms with Gasteiger partial charge in [-0.25, -0.2) is 23.9 Å². The van der Waals surface area contributed by atoms with Gasteiger partial charge in [0.2, 0.25) is 11.6 Å². The largest absolute Gasteiger partial charge is 0.457 e. The molecule has 4 aromatic rings. The van der Waals surface area contributed by atoms with Gasteiger partial charge >= 0.3 is 0 Å². The highest BCUT2D eigenvalue weighted by molar-refractivity contribution is 5.98. The Bertz CT molecular complexity index is 1960. The summed E-state index contributed by atoms with van der Waals surface area (Å²) >= 11 is 0. The average molecular weight is 695 g/mol. The molecule has 2 aliphatic rings. The van der Waals surface area contributed by atoms with Gasteiger partial charge in [0.15, 0.2) is 5.65 Å². The second kappa shape index (κ2) is 15.2. The molecule has 266 valence electrons. The number of nitrogens with one attached hydrogen (secondary N) is 1. The molecule has 0 aliphatic carbocycles. The number of hydrogen-bond acceptors (Lipinski definition) is 9. The molecule has 13 nitrogen and oxygen atoms in total. The summed E-state index contributed by atoms with van der Waals surface area (Å²) in [5, 5.41) is 8.04. The van der Waals surface area contributed by atoms with Gasteiger partial charge in [-0.3, -0.25) is 19.4 Å². The molecule has 0 saturated carbocycles. The predicted octanol–water partition coefficient (Wildman–Crippen LogP) is 4.33. The topological polar surface area (TPSA) is 139 Å². The van der Waals surface area contributed by atoms with E-state index in [0.717, 1.165) is 39.1 Å². The number of piperazine rings is 1. The van der Waals surface area contributed by atoms with Crippen molar-refractivity contribution in [2.24, 2.45) is 0 Å². The smallest absolute Gasteiger partial charge is 0.252 e. The second-order valence-corrected chi connectivity index (χ2v) is 13.4. The van der Waals surface area contributed by atoms with Crippen molar-refractivity contribution in [1.29, 1.82) is 0 Å². The molecule has 0 unspecified atom stereocenters. The van der Waals surface area contributed by atoms with Crippen LogP contribution < -0.4 is 15.8 Å².